The van der Waals surface area contributed by atoms with Gasteiger partial charge in [-0.2, -0.15) is 0 Å². The van der Waals surface area contributed by atoms with Crippen molar-refractivity contribution in [2.45, 2.75) is 166 Å². The van der Waals surface area contributed by atoms with Gasteiger partial charge in [0.05, 0.1) is 205 Å². The molecule has 7 heterocycles. The van der Waals surface area contributed by atoms with Gasteiger partial charge in [0.25, 0.3) is 5.56 Å². The lowest BCUT2D eigenvalue weighted by Gasteiger charge is -2.38. The van der Waals surface area contributed by atoms with E-state index in [1.165, 1.54) is 34.9 Å². The molecule has 1 aliphatic carbocycles. The maximum absolute atomic E-state index is 15.8. The van der Waals surface area contributed by atoms with Crippen molar-refractivity contribution in [3.05, 3.63) is 145 Å². The fourth-order valence-electron chi connectivity index (χ4n) is 16.0. The van der Waals surface area contributed by atoms with Crippen LogP contribution in [0.3, 0.4) is 0 Å². The number of hydrogen-bond donors (Lipinski definition) is 9. The highest BCUT2D eigenvalue weighted by atomic mass is 19.1. The van der Waals surface area contributed by atoms with Gasteiger partial charge in [0.1, 0.15) is 54.8 Å². The zero-order valence-corrected chi connectivity index (χ0v) is 74.9. The van der Waals surface area contributed by atoms with Gasteiger partial charge in [-0.15, -0.1) is 5.10 Å². The number of fused-ring (bicyclic) bond motifs is 10. The van der Waals surface area contributed by atoms with Gasteiger partial charge in [0.15, 0.2) is 11.7 Å². The third kappa shape index (κ3) is 26.1. The Morgan fingerprint density at radius 1 is 0.652 bits per heavy atom. The average molecular weight is 1850 g/mol. The first-order valence-electron chi connectivity index (χ1n) is 44.6. The molecule has 5 amide bonds. The van der Waals surface area contributed by atoms with E-state index >= 15 is 4.39 Å². The van der Waals surface area contributed by atoms with Crippen LogP contribution >= 0.6 is 0 Å². The fourth-order valence-corrected chi connectivity index (χ4v) is 16.0. The van der Waals surface area contributed by atoms with E-state index in [-0.39, 0.29) is 155 Å². The number of cyclic esters (lactones) is 1. The lowest BCUT2D eigenvalue weighted by atomic mass is 9.81. The van der Waals surface area contributed by atoms with E-state index in [0.717, 1.165) is 22.4 Å². The van der Waals surface area contributed by atoms with Gasteiger partial charge in [0.2, 0.25) is 29.9 Å². The number of aromatic nitrogens is 5. The smallest absolute Gasteiger partial charge is 0.407 e. The molecule has 132 heavy (non-hydrogen) atoms. The minimum absolute atomic E-state index is 0.0197. The van der Waals surface area contributed by atoms with Gasteiger partial charge in [-0.1, -0.05) is 60.7 Å². The second-order valence-electron chi connectivity index (χ2n) is 32.2. The van der Waals surface area contributed by atoms with E-state index in [0.29, 0.717) is 164 Å². The second kappa shape index (κ2) is 50.0. The number of hydrogen-bond acceptors (Lipinski definition) is 31. The Bertz CT molecular complexity index is 5130. The van der Waals surface area contributed by atoms with Gasteiger partial charge in [-0.3, -0.25) is 24.0 Å². The first kappa shape index (κ1) is 101. The molecule has 4 aliphatic heterocycles. The molecule has 0 radical (unpaired) electrons. The number of benzene rings is 4. The number of anilines is 1. The molecule has 40 heteroatoms. The van der Waals surface area contributed by atoms with Crippen LogP contribution in [0.25, 0.3) is 44.8 Å². The molecule has 1 saturated heterocycles. The molecule has 718 valence electrons. The Kier molecular flexibility index (Phi) is 38.1. The normalized spacial score (nSPS) is 18.4. The summed E-state index contributed by atoms with van der Waals surface area (Å²) in [4.78, 5) is 117. The van der Waals surface area contributed by atoms with Gasteiger partial charge < -0.3 is 132 Å². The third-order valence-electron chi connectivity index (χ3n) is 23.0. The number of methoxy groups -OCH3 is 1. The molecule has 12 rings (SSSR count). The SMILES string of the molecule is CCC1(O)C(=O)OCc2c1cc1n(c2=O)Cc2c-1nc1cc(F)c(C)c3c1c2C(NC(=O)OCc1ccc(OC2OC(C(=O)O)C(O)C(O)C2O)c(CNC(=O)C(CNC(=O)CCOCCOCCOCCOCCOCCOCCOCCOCCOCCOCCOCCOC)NC(=O)CCCCC(=O)N2Cc4ccccc4-c4c(nnn4C(C)C)-c4ccccc42)c1)CC3. The number of carbonyl (C=O) groups excluding carboxylic acids is 6. The van der Waals surface area contributed by atoms with Crippen LogP contribution in [0.2, 0.25) is 0 Å². The molecule has 8 atom stereocenters. The van der Waals surface area contributed by atoms with Gasteiger partial charge in [-0.25, -0.2) is 28.4 Å². The Hall–Kier alpha value is -10.5. The number of para-hydroxylation sites is 1. The minimum atomic E-state index is -2.13. The summed E-state index contributed by atoms with van der Waals surface area (Å²) in [5.74, 6) is -5.55. The summed E-state index contributed by atoms with van der Waals surface area (Å²) in [6.45, 7) is 14.4. The maximum atomic E-state index is 15.8. The molecule has 39 nitrogen and oxygen atoms in total. The Morgan fingerprint density at radius 2 is 1.24 bits per heavy atom. The van der Waals surface area contributed by atoms with Crippen LogP contribution in [0.1, 0.15) is 128 Å². The van der Waals surface area contributed by atoms with Crippen molar-refractivity contribution in [1.82, 2.24) is 45.8 Å². The summed E-state index contributed by atoms with van der Waals surface area (Å²) >= 11 is 0. The standard InChI is InChI=1S/C92H119FN10O29/c1-6-92(116)66-48-72-79-64(53-102(72)87(111)65(66)55-129-90(92)114)78-68(21-20-61-57(4)67(93)49-69(97-79)77(61)78)98-91(115)130-54-58-19-22-73(131-89-84(109)82(107)83(108)85(132-89)88(112)113)60(47-58)50-95-86(110)70(96-75(105)17-11-12-18-76(106)101-52-59-13-7-8-14-62(59)81-80(99-100-103(81)56(2)3)63-15-9-10-16-71(63)101)51-94-74(104)23-24-118-27-28-120-31-32-122-35-36-124-39-40-126-43-44-128-46-45-127-42-41-125-38-37-123-34-33-121-30-29-119-26-25-117-5/h7-10,13-16,19,22,47-49,56,68,70,82-85,89,107-109,116H,6,11-12,17-18,20-21,23-46,50-55H2,1-5H3,(H,94,104)(H,95,110)(H,96,105)(H,98,115)(H,112,113). The van der Waals surface area contributed by atoms with Crippen LogP contribution in [0.15, 0.2) is 83.7 Å². The third-order valence-corrected chi connectivity index (χ3v) is 23.0. The highest BCUT2D eigenvalue weighted by Crippen LogP contribution is 2.47. The number of amides is 5. The molecule has 9 N–H and O–H groups in total. The average Bonchev–Trinajstić information content (AvgIpc) is 1.52. The minimum Gasteiger partial charge on any atom is -0.479 e. The number of aryl methyl sites for hydroxylation is 1. The zero-order valence-electron chi connectivity index (χ0n) is 74.9. The number of alkyl carbamates (subject to hydrolysis) is 1. The van der Waals surface area contributed by atoms with Crippen molar-refractivity contribution >= 4 is 58.3 Å². The van der Waals surface area contributed by atoms with Crippen molar-refractivity contribution in [2.24, 2.45) is 0 Å². The molecular formula is C92H119FN10O29. The monoisotopic (exact) mass is 1850 g/mol. The number of aliphatic hydroxyl groups is 4. The summed E-state index contributed by atoms with van der Waals surface area (Å²) in [7, 11) is 1.62. The van der Waals surface area contributed by atoms with Gasteiger partial charge >= 0.3 is 18.0 Å². The highest BCUT2D eigenvalue weighted by Gasteiger charge is 2.49. The van der Waals surface area contributed by atoms with Crippen molar-refractivity contribution in [3.8, 4) is 39.7 Å². The first-order chi connectivity index (χ1) is 64.0. The van der Waals surface area contributed by atoms with Crippen molar-refractivity contribution in [1.29, 1.82) is 0 Å². The summed E-state index contributed by atoms with van der Waals surface area (Å²) in [5, 5.41) is 74.9. The van der Waals surface area contributed by atoms with Crippen LogP contribution in [-0.2, 0) is 145 Å². The fraction of sp³-hybridized carbons (Fsp3) is 0.554. The number of carbonyl (C=O) groups is 7. The van der Waals surface area contributed by atoms with Crippen LogP contribution in [-0.4, -0.2) is 294 Å². The summed E-state index contributed by atoms with van der Waals surface area (Å²) in [6.07, 6.45) is -10.6. The van der Waals surface area contributed by atoms with E-state index < -0.39 is 115 Å². The number of pyridine rings is 2. The van der Waals surface area contributed by atoms with Crippen LogP contribution in [0, 0.1) is 12.7 Å². The van der Waals surface area contributed by atoms with E-state index in [2.05, 4.69) is 31.6 Å². The Morgan fingerprint density at radius 3 is 1.85 bits per heavy atom. The number of carboxylic acid groups (broad SMARTS) is 1. The molecule has 0 bridgehead atoms. The molecule has 5 aliphatic rings. The quantitative estimate of drug-likeness (QED) is 0.0183. The van der Waals surface area contributed by atoms with Crippen LogP contribution in [0.4, 0.5) is 14.9 Å². The molecule has 0 saturated carbocycles. The van der Waals surface area contributed by atoms with E-state index in [4.69, 9.17) is 80.8 Å². The number of nitrogens with one attached hydrogen (secondary N) is 4. The molecular weight excluding hydrogens is 1730 g/mol. The first-order valence-corrected chi connectivity index (χ1v) is 44.6. The summed E-state index contributed by atoms with van der Waals surface area (Å²) in [6, 6.07) is 19.9. The number of unbranched alkanes of at least 4 members (excludes halogenated alkanes) is 1. The van der Waals surface area contributed by atoms with Crippen molar-refractivity contribution in [2.75, 3.05) is 171 Å². The summed E-state index contributed by atoms with van der Waals surface area (Å²) in [5.41, 5.74) is 5.26. The van der Waals surface area contributed by atoms with Crippen molar-refractivity contribution < 1.29 is 139 Å². The number of nitrogens with zero attached hydrogens (tertiary/aromatic N) is 6. The van der Waals surface area contributed by atoms with Crippen LogP contribution < -0.4 is 36.5 Å². The summed E-state index contributed by atoms with van der Waals surface area (Å²) < 4.78 is 108. The van der Waals surface area contributed by atoms with Crippen molar-refractivity contribution in [3.63, 3.8) is 0 Å². The number of aliphatic hydroxyl groups excluding tert-OH is 3. The zero-order chi connectivity index (χ0) is 93.6. The van der Waals surface area contributed by atoms with E-state index in [1.54, 1.807) is 25.9 Å². The number of aliphatic carboxylic acids is 1. The lowest BCUT2D eigenvalue weighted by molar-refractivity contribution is -0.271. The highest BCUT2D eigenvalue weighted by molar-refractivity contribution is 6.00. The molecule has 3 aromatic heterocycles. The molecule has 1 fully saturated rings. The molecule has 4 aromatic carbocycles. The topological polar surface area (TPSA) is 485 Å². The van der Waals surface area contributed by atoms with E-state index in [1.807, 2.05) is 67.1 Å². The number of rotatable bonds is 55. The Balaban J connectivity index is 0.633. The predicted molar refractivity (Wildman–Crippen MR) is 468 cm³/mol. The molecule has 0 spiro atoms. The lowest BCUT2D eigenvalue weighted by Crippen LogP contribution is -2.61. The second-order valence-corrected chi connectivity index (χ2v) is 32.2. The van der Waals surface area contributed by atoms with E-state index in [9.17, 15) is 63.9 Å². The van der Waals surface area contributed by atoms with Gasteiger partial charge in [-0.05, 0) is 105 Å². The number of halogens is 1. The number of ether oxygens (including phenoxy) is 16. The van der Waals surface area contributed by atoms with Crippen LogP contribution in [0.5, 0.6) is 5.75 Å². The Labute approximate surface area is 761 Å². The van der Waals surface area contributed by atoms with Gasteiger partial charge in [0, 0.05) is 84.8 Å². The molecule has 7 aromatic rings. The number of carboxylic acids is 1. The number of esters is 1. The largest absolute Gasteiger partial charge is 0.479 e. The maximum Gasteiger partial charge on any atom is 0.407 e. The predicted octanol–water partition coefficient (Wildman–Crippen LogP) is 4.76. The molecule has 8 unspecified atom stereocenters.